The Morgan fingerprint density at radius 2 is 1.42 bits per heavy atom. The first-order valence-corrected chi connectivity index (χ1v) is 7.03. The van der Waals surface area contributed by atoms with Crippen LogP contribution in [0.2, 0.25) is 0 Å². The molecule has 2 aromatic carbocycles. The summed E-state index contributed by atoms with van der Waals surface area (Å²) in [5, 5.41) is 21.2. The van der Waals surface area contributed by atoms with Gasteiger partial charge in [0.15, 0.2) is 17.1 Å². The van der Waals surface area contributed by atoms with E-state index in [4.69, 9.17) is 14.2 Å². The lowest BCUT2D eigenvalue weighted by Gasteiger charge is -2.30. The van der Waals surface area contributed by atoms with E-state index < -0.39 is 53.6 Å². The summed E-state index contributed by atoms with van der Waals surface area (Å²) in [6, 6.07) is 6.32. The summed E-state index contributed by atoms with van der Waals surface area (Å²) in [5.41, 5.74) is -2.38. The van der Waals surface area contributed by atoms with Gasteiger partial charge in [-0.15, -0.1) is 0 Å². The highest BCUT2D eigenvalue weighted by molar-refractivity contribution is 6.04. The lowest BCUT2D eigenvalue weighted by molar-refractivity contribution is -0.170. The highest BCUT2D eigenvalue weighted by Gasteiger charge is 2.48. The van der Waals surface area contributed by atoms with Crippen LogP contribution < -0.4 is 14.2 Å². The molecule has 0 spiro atoms. The van der Waals surface area contributed by atoms with Gasteiger partial charge in [-0.2, -0.15) is 0 Å². The predicted octanol–water partition coefficient (Wildman–Crippen LogP) is 0.800. The SMILES string of the molecule is O=C1CC2(O)CC(=O)Oc3c(c(c(O)c4ccccc34)O1)OC2=O. The maximum absolute atomic E-state index is 12.2. The molecule has 8 nitrogen and oxygen atoms in total. The van der Waals surface area contributed by atoms with E-state index in [-0.39, 0.29) is 16.5 Å². The normalized spacial score (nSPS) is 22.8. The lowest BCUT2D eigenvalue weighted by Crippen LogP contribution is -2.48. The summed E-state index contributed by atoms with van der Waals surface area (Å²) >= 11 is 0. The minimum Gasteiger partial charge on any atom is -0.504 e. The molecule has 0 radical (unpaired) electrons. The number of fused-ring (bicyclic) bond motifs is 4. The van der Waals surface area contributed by atoms with E-state index in [1.807, 2.05) is 0 Å². The van der Waals surface area contributed by atoms with Crippen molar-refractivity contribution in [1.29, 1.82) is 0 Å². The fourth-order valence-electron chi connectivity index (χ4n) is 2.80. The Balaban J connectivity index is 2.12. The Labute approximate surface area is 134 Å². The molecular weight excluding hydrogens is 320 g/mol. The molecule has 24 heavy (non-hydrogen) atoms. The van der Waals surface area contributed by atoms with E-state index >= 15 is 0 Å². The van der Waals surface area contributed by atoms with Gasteiger partial charge < -0.3 is 24.4 Å². The van der Waals surface area contributed by atoms with Gasteiger partial charge in [0, 0.05) is 10.8 Å². The fraction of sp³-hybridized carbons (Fsp3) is 0.188. The van der Waals surface area contributed by atoms with Crippen LogP contribution in [0.4, 0.5) is 0 Å². The average molecular weight is 330 g/mol. The first kappa shape index (κ1) is 14.5. The monoisotopic (exact) mass is 330 g/mol. The highest BCUT2D eigenvalue weighted by Crippen LogP contribution is 2.52. The van der Waals surface area contributed by atoms with Crippen LogP contribution in [0.25, 0.3) is 10.8 Å². The zero-order valence-corrected chi connectivity index (χ0v) is 12.1. The quantitative estimate of drug-likeness (QED) is 0.538. The molecule has 4 rings (SSSR count). The third kappa shape index (κ3) is 1.93. The number of rotatable bonds is 0. The van der Waals surface area contributed by atoms with Crippen molar-refractivity contribution >= 4 is 28.7 Å². The smallest absolute Gasteiger partial charge is 0.345 e. The molecule has 2 N–H and O–H groups in total. The highest BCUT2D eigenvalue weighted by atomic mass is 16.6. The number of carbonyl (C=O) groups is 3. The third-order valence-electron chi connectivity index (χ3n) is 3.93. The van der Waals surface area contributed by atoms with Crippen LogP contribution in [0.5, 0.6) is 23.0 Å². The van der Waals surface area contributed by atoms with Crippen molar-refractivity contribution in [3.05, 3.63) is 24.3 Å². The van der Waals surface area contributed by atoms with Gasteiger partial charge in [0.25, 0.3) is 0 Å². The van der Waals surface area contributed by atoms with Gasteiger partial charge in [-0.25, -0.2) is 4.79 Å². The first-order chi connectivity index (χ1) is 11.4. The summed E-state index contributed by atoms with van der Waals surface area (Å²) in [7, 11) is 0. The second-order valence-electron chi connectivity index (χ2n) is 5.60. The van der Waals surface area contributed by atoms with Crippen LogP contribution >= 0.6 is 0 Å². The van der Waals surface area contributed by atoms with Crippen molar-refractivity contribution in [2.75, 3.05) is 0 Å². The van der Waals surface area contributed by atoms with Crippen LogP contribution in [0.3, 0.4) is 0 Å². The Bertz CT molecular complexity index is 931. The van der Waals surface area contributed by atoms with Crippen LogP contribution in [0, 0.1) is 0 Å². The van der Waals surface area contributed by atoms with Crippen molar-refractivity contribution in [3.63, 3.8) is 0 Å². The summed E-state index contributed by atoms with van der Waals surface area (Å²) in [4.78, 5) is 36.3. The van der Waals surface area contributed by atoms with Gasteiger partial charge in [-0.05, 0) is 0 Å². The predicted molar refractivity (Wildman–Crippen MR) is 76.7 cm³/mol. The van der Waals surface area contributed by atoms with Gasteiger partial charge in [0.1, 0.15) is 0 Å². The average Bonchev–Trinajstić information content (AvgIpc) is 2.52. The lowest BCUT2D eigenvalue weighted by atomic mass is 9.94. The third-order valence-corrected chi connectivity index (χ3v) is 3.93. The summed E-state index contributed by atoms with van der Waals surface area (Å²) in [5.74, 6) is -4.53. The first-order valence-electron chi connectivity index (χ1n) is 7.03. The second-order valence-corrected chi connectivity index (χ2v) is 5.60. The molecule has 1 atom stereocenters. The van der Waals surface area contributed by atoms with Gasteiger partial charge in [-0.1, -0.05) is 24.3 Å². The van der Waals surface area contributed by atoms with Crippen molar-refractivity contribution in [1.82, 2.24) is 0 Å². The minimum absolute atomic E-state index is 0.159. The summed E-state index contributed by atoms with van der Waals surface area (Å²) in [6.07, 6.45) is -1.56. The molecule has 2 bridgehead atoms. The summed E-state index contributed by atoms with van der Waals surface area (Å²) < 4.78 is 15.4. The molecule has 2 aliphatic heterocycles. The van der Waals surface area contributed by atoms with Gasteiger partial charge >= 0.3 is 17.9 Å². The largest absolute Gasteiger partial charge is 0.504 e. The molecule has 0 saturated heterocycles. The molecular formula is C16H10O8. The second kappa shape index (κ2) is 4.68. The van der Waals surface area contributed by atoms with Gasteiger partial charge in [0.2, 0.25) is 11.5 Å². The maximum Gasteiger partial charge on any atom is 0.345 e. The number of hydrogen-bond donors (Lipinski definition) is 2. The number of phenols is 1. The molecule has 122 valence electrons. The van der Waals surface area contributed by atoms with Crippen LogP contribution in [-0.4, -0.2) is 33.7 Å². The van der Waals surface area contributed by atoms with Crippen molar-refractivity contribution < 1.29 is 38.8 Å². The fourth-order valence-corrected chi connectivity index (χ4v) is 2.80. The van der Waals surface area contributed by atoms with E-state index in [9.17, 15) is 24.6 Å². The van der Waals surface area contributed by atoms with Crippen LogP contribution in [0.15, 0.2) is 24.3 Å². The molecule has 2 aliphatic rings. The Morgan fingerprint density at radius 3 is 2.08 bits per heavy atom. The van der Waals surface area contributed by atoms with Crippen LogP contribution in [0.1, 0.15) is 12.8 Å². The molecule has 1 unspecified atom stereocenters. The molecule has 2 aromatic rings. The maximum atomic E-state index is 12.2. The number of benzene rings is 2. The Kier molecular flexibility index (Phi) is 2.82. The number of esters is 3. The molecule has 0 saturated carbocycles. The summed E-state index contributed by atoms with van der Waals surface area (Å²) in [6.45, 7) is 0. The van der Waals surface area contributed by atoms with E-state index in [1.165, 1.54) is 6.07 Å². The number of phenolic OH excluding ortho intramolecular Hbond substituents is 1. The molecule has 2 heterocycles. The molecule has 8 heteroatoms. The zero-order chi connectivity index (χ0) is 17.1. The molecule has 0 amide bonds. The van der Waals surface area contributed by atoms with Crippen molar-refractivity contribution in [2.24, 2.45) is 0 Å². The minimum atomic E-state index is -2.38. The number of aromatic hydroxyl groups is 1. The van der Waals surface area contributed by atoms with E-state index in [0.29, 0.717) is 0 Å². The van der Waals surface area contributed by atoms with E-state index in [1.54, 1.807) is 18.2 Å². The number of aliphatic hydroxyl groups is 1. The topological polar surface area (TPSA) is 119 Å². The molecule has 0 aliphatic carbocycles. The zero-order valence-electron chi connectivity index (χ0n) is 12.1. The van der Waals surface area contributed by atoms with Crippen LogP contribution in [-0.2, 0) is 14.4 Å². The number of ether oxygens (including phenoxy) is 3. The van der Waals surface area contributed by atoms with Gasteiger partial charge in [-0.3, -0.25) is 9.59 Å². The Hall–Kier alpha value is -3.13. The van der Waals surface area contributed by atoms with Crippen molar-refractivity contribution in [2.45, 2.75) is 18.4 Å². The van der Waals surface area contributed by atoms with Crippen molar-refractivity contribution in [3.8, 4) is 23.0 Å². The Morgan fingerprint density at radius 1 is 0.833 bits per heavy atom. The standard InChI is InChI=1S/C16H10O8/c17-9-5-16(21)6-10(18)23-13-11(19)7-3-1-2-4-8(7)12(22-9)14(13)24-15(16)20/h1-4,19,21H,5-6H2. The van der Waals surface area contributed by atoms with Gasteiger partial charge in [0.05, 0.1) is 12.8 Å². The number of carbonyl (C=O) groups excluding carboxylic acids is 3. The molecule has 0 fully saturated rings. The number of hydrogen-bond acceptors (Lipinski definition) is 8. The molecule has 0 aromatic heterocycles. The van der Waals surface area contributed by atoms with E-state index in [2.05, 4.69) is 0 Å². The van der Waals surface area contributed by atoms with E-state index in [0.717, 1.165) is 0 Å².